The van der Waals surface area contributed by atoms with E-state index >= 15 is 0 Å². The SMILES string of the molecule is COc1c(C)cc(-c2cc(F)c(F)cc2-c2ccccc2S(N)(=O)=O)cc1C. The van der Waals surface area contributed by atoms with Gasteiger partial charge >= 0.3 is 0 Å². The molecule has 0 aliphatic carbocycles. The average Bonchev–Trinajstić information content (AvgIpc) is 2.62. The van der Waals surface area contributed by atoms with Gasteiger partial charge in [0.25, 0.3) is 0 Å². The van der Waals surface area contributed by atoms with E-state index < -0.39 is 21.7 Å². The van der Waals surface area contributed by atoms with Crippen molar-refractivity contribution >= 4 is 10.0 Å². The standard InChI is InChI=1S/C21H19F2NO3S/c1-12-8-14(9-13(2)21(12)27-3)16-10-18(22)19(23)11-17(16)15-6-4-5-7-20(15)28(24,25)26/h4-11H,1-3H3,(H2,24,25,26). The third-order valence-corrected chi connectivity index (χ3v) is 5.49. The van der Waals surface area contributed by atoms with E-state index in [9.17, 15) is 17.2 Å². The number of halogens is 2. The number of hydrogen-bond acceptors (Lipinski definition) is 3. The molecule has 0 amide bonds. The lowest BCUT2D eigenvalue weighted by Crippen LogP contribution is -2.13. The molecule has 0 saturated carbocycles. The van der Waals surface area contributed by atoms with Crippen LogP contribution in [0.25, 0.3) is 22.3 Å². The molecule has 0 bridgehead atoms. The normalized spacial score (nSPS) is 11.5. The first kappa shape index (κ1) is 20.0. The molecule has 2 N–H and O–H groups in total. The Morgan fingerprint density at radius 3 is 1.93 bits per heavy atom. The molecule has 0 aromatic heterocycles. The summed E-state index contributed by atoms with van der Waals surface area (Å²) < 4.78 is 57.6. The molecular formula is C21H19F2NO3S. The van der Waals surface area contributed by atoms with Crippen molar-refractivity contribution in [2.24, 2.45) is 5.14 Å². The molecule has 0 radical (unpaired) electrons. The molecule has 4 nitrogen and oxygen atoms in total. The molecule has 146 valence electrons. The van der Waals surface area contributed by atoms with Crippen LogP contribution in [0.4, 0.5) is 8.78 Å². The molecule has 0 unspecified atom stereocenters. The van der Waals surface area contributed by atoms with Crippen molar-refractivity contribution in [1.82, 2.24) is 0 Å². The van der Waals surface area contributed by atoms with E-state index in [4.69, 9.17) is 9.88 Å². The molecule has 0 saturated heterocycles. The summed E-state index contributed by atoms with van der Waals surface area (Å²) in [7, 11) is -2.51. The highest BCUT2D eigenvalue weighted by molar-refractivity contribution is 7.89. The van der Waals surface area contributed by atoms with E-state index in [0.717, 1.165) is 23.3 Å². The molecule has 7 heteroatoms. The lowest BCUT2D eigenvalue weighted by molar-refractivity contribution is 0.408. The molecule has 0 aliphatic heterocycles. The number of rotatable bonds is 4. The number of hydrogen-bond donors (Lipinski definition) is 1. The van der Waals surface area contributed by atoms with Crippen LogP contribution in [0.5, 0.6) is 5.75 Å². The van der Waals surface area contributed by atoms with Crippen molar-refractivity contribution in [2.45, 2.75) is 18.7 Å². The monoisotopic (exact) mass is 403 g/mol. The molecule has 0 heterocycles. The summed E-state index contributed by atoms with van der Waals surface area (Å²) >= 11 is 0. The Hall–Kier alpha value is -2.77. The van der Waals surface area contributed by atoms with Crippen molar-refractivity contribution in [3.8, 4) is 28.0 Å². The lowest BCUT2D eigenvalue weighted by Gasteiger charge is -2.16. The first-order valence-electron chi connectivity index (χ1n) is 8.40. The maximum Gasteiger partial charge on any atom is 0.238 e. The Labute approximate surface area is 162 Å². The van der Waals surface area contributed by atoms with Crippen molar-refractivity contribution in [3.05, 3.63) is 71.3 Å². The maximum absolute atomic E-state index is 14.1. The molecule has 3 aromatic carbocycles. The largest absolute Gasteiger partial charge is 0.496 e. The van der Waals surface area contributed by atoms with Crippen LogP contribution >= 0.6 is 0 Å². The van der Waals surface area contributed by atoms with Gasteiger partial charge in [0.1, 0.15) is 5.75 Å². The Morgan fingerprint density at radius 1 is 0.857 bits per heavy atom. The summed E-state index contributed by atoms with van der Waals surface area (Å²) in [6.07, 6.45) is 0. The smallest absolute Gasteiger partial charge is 0.238 e. The predicted molar refractivity (Wildman–Crippen MR) is 105 cm³/mol. The van der Waals surface area contributed by atoms with Gasteiger partial charge in [-0.25, -0.2) is 22.3 Å². The third-order valence-electron chi connectivity index (χ3n) is 4.52. The topological polar surface area (TPSA) is 69.4 Å². The first-order valence-corrected chi connectivity index (χ1v) is 9.95. The summed E-state index contributed by atoms with van der Waals surface area (Å²) in [6.45, 7) is 3.68. The number of nitrogens with two attached hydrogens (primary N) is 1. The van der Waals surface area contributed by atoms with Crippen LogP contribution in [0.2, 0.25) is 0 Å². The Kier molecular flexibility index (Phi) is 5.23. The fourth-order valence-electron chi connectivity index (χ4n) is 3.37. The second kappa shape index (κ2) is 7.33. The molecular weight excluding hydrogens is 384 g/mol. The summed E-state index contributed by atoms with van der Waals surface area (Å²) in [6, 6.07) is 11.6. The number of methoxy groups -OCH3 is 1. The highest BCUT2D eigenvalue weighted by Gasteiger charge is 2.20. The van der Waals surface area contributed by atoms with Gasteiger partial charge < -0.3 is 4.74 Å². The van der Waals surface area contributed by atoms with Gasteiger partial charge in [-0.2, -0.15) is 0 Å². The zero-order chi connectivity index (χ0) is 20.6. The van der Waals surface area contributed by atoms with Crippen molar-refractivity contribution in [3.63, 3.8) is 0 Å². The fraction of sp³-hybridized carbons (Fsp3) is 0.143. The number of sulfonamides is 1. The number of ether oxygens (including phenoxy) is 1. The second-order valence-corrected chi connectivity index (χ2v) is 8.03. The Morgan fingerprint density at radius 2 is 1.39 bits per heavy atom. The zero-order valence-electron chi connectivity index (χ0n) is 15.6. The van der Waals surface area contributed by atoms with Gasteiger partial charge in [0, 0.05) is 5.56 Å². The first-order chi connectivity index (χ1) is 13.1. The molecule has 0 fully saturated rings. The summed E-state index contributed by atoms with van der Waals surface area (Å²) in [5, 5.41) is 5.33. The summed E-state index contributed by atoms with van der Waals surface area (Å²) in [5.41, 5.74) is 3.01. The molecule has 28 heavy (non-hydrogen) atoms. The van der Waals surface area contributed by atoms with Crippen molar-refractivity contribution in [2.75, 3.05) is 7.11 Å². The van der Waals surface area contributed by atoms with Crippen LogP contribution in [0.1, 0.15) is 11.1 Å². The molecule has 0 aliphatic rings. The van der Waals surface area contributed by atoms with Gasteiger partial charge in [-0.05, 0) is 72.0 Å². The van der Waals surface area contributed by atoms with Gasteiger partial charge in [0.15, 0.2) is 11.6 Å². The number of aryl methyl sites for hydroxylation is 2. The summed E-state index contributed by atoms with van der Waals surface area (Å²) in [5.74, 6) is -1.42. The molecule has 3 rings (SSSR count). The molecule has 0 atom stereocenters. The van der Waals surface area contributed by atoms with E-state index in [1.54, 1.807) is 25.3 Å². The number of primary sulfonamides is 1. The molecule has 0 spiro atoms. The average molecular weight is 403 g/mol. The van der Waals surface area contributed by atoms with Crippen LogP contribution in [0.15, 0.2) is 53.4 Å². The van der Waals surface area contributed by atoms with E-state index in [-0.39, 0.29) is 16.0 Å². The highest BCUT2D eigenvalue weighted by atomic mass is 32.2. The third kappa shape index (κ3) is 3.63. The minimum absolute atomic E-state index is 0.163. The van der Waals surface area contributed by atoms with Crippen molar-refractivity contribution in [1.29, 1.82) is 0 Å². The van der Waals surface area contributed by atoms with Crippen LogP contribution < -0.4 is 9.88 Å². The van der Waals surface area contributed by atoms with Gasteiger partial charge in [0.2, 0.25) is 10.0 Å². The van der Waals surface area contributed by atoms with Crippen LogP contribution in [-0.2, 0) is 10.0 Å². The number of benzene rings is 3. The Balaban J connectivity index is 2.37. The quantitative estimate of drug-likeness (QED) is 0.694. The minimum atomic E-state index is -4.07. The van der Waals surface area contributed by atoms with Crippen LogP contribution in [0.3, 0.4) is 0 Å². The van der Waals surface area contributed by atoms with Gasteiger partial charge in [-0.1, -0.05) is 18.2 Å². The highest BCUT2D eigenvalue weighted by Crippen LogP contribution is 2.39. The summed E-state index contributed by atoms with van der Waals surface area (Å²) in [4.78, 5) is -0.163. The molecule has 3 aromatic rings. The predicted octanol–water partition coefficient (Wildman–Crippen LogP) is 4.57. The minimum Gasteiger partial charge on any atom is -0.496 e. The second-order valence-electron chi connectivity index (χ2n) is 6.50. The van der Waals surface area contributed by atoms with E-state index in [1.165, 1.54) is 18.2 Å². The fourth-order valence-corrected chi connectivity index (χ4v) is 4.13. The lowest BCUT2D eigenvalue weighted by atomic mass is 9.92. The van der Waals surface area contributed by atoms with Gasteiger partial charge in [-0.15, -0.1) is 0 Å². The maximum atomic E-state index is 14.1. The Bertz CT molecular complexity index is 1150. The van der Waals surface area contributed by atoms with Gasteiger partial charge in [-0.3, -0.25) is 0 Å². The van der Waals surface area contributed by atoms with E-state index in [1.807, 2.05) is 13.8 Å². The van der Waals surface area contributed by atoms with Crippen molar-refractivity contribution < 1.29 is 21.9 Å². The van der Waals surface area contributed by atoms with Crippen LogP contribution in [-0.4, -0.2) is 15.5 Å². The van der Waals surface area contributed by atoms with Gasteiger partial charge in [0.05, 0.1) is 12.0 Å². The van der Waals surface area contributed by atoms with E-state index in [0.29, 0.717) is 16.9 Å². The zero-order valence-corrected chi connectivity index (χ0v) is 16.4. The van der Waals surface area contributed by atoms with E-state index in [2.05, 4.69) is 0 Å². The van der Waals surface area contributed by atoms with Crippen LogP contribution in [0, 0.1) is 25.5 Å².